The Hall–Kier alpha value is -1.79. The van der Waals surface area contributed by atoms with Crippen molar-refractivity contribution in [1.82, 2.24) is 15.5 Å². The van der Waals surface area contributed by atoms with Crippen LogP contribution in [0.3, 0.4) is 0 Å². The average molecular weight is 412 g/mol. The highest BCUT2D eigenvalue weighted by Crippen LogP contribution is 2.32. The molecule has 1 atom stereocenters. The van der Waals surface area contributed by atoms with Gasteiger partial charge in [-0.15, -0.1) is 0 Å². The first-order chi connectivity index (χ1) is 12.8. The molecule has 146 valence electrons. The fourth-order valence-electron chi connectivity index (χ4n) is 3.85. The van der Waals surface area contributed by atoms with Crippen molar-refractivity contribution in [1.29, 1.82) is 0 Å². The number of halogens is 2. The fraction of sp³-hybridized carbons (Fsp3) is 0.526. The maximum absolute atomic E-state index is 12.9. The Morgan fingerprint density at radius 3 is 2.52 bits per heavy atom. The molecule has 1 aliphatic carbocycles. The summed E-state index contributed by atoms with van der Waals surface area (Å²) >= 11 is 12.1. The molecule has 3 rings (SSSR count). The van der Waals surface area contributed by atoms with Gasteiger partial charge in [-0.25, -0.2) is 4.79 Å². The second-order valence-electron chi connectivity index (χ2n) is 7.27. The van der Waals surface area contributed by atoms with E-state index in [1.54, 1.807) is 25.1 Å². The minimum atomic E-state index is -0.834. The second-order valence-corrected chi connectivity index (χ2v) is 8.12. The summed E-state index contributed by atoms with van der Waals surface area (Å²) in [4.78, 5) is 38.6. The van der Waals surface area contributed by atoms with Gasteiger partial charge in [0.1, 0.15) is 12.1 Å². The molecular weight excluding hydrogens is 389 g/mol. The van der Waals surface area contributed by atoms with Crippen molar-refractivity contribution in [3.8, 4) is 0 Å². The van der Waals surface area contributed by atoms with Crippen molar-refractivity contribution < 1.29 is 14.4 Å². The molecule has 1 aliphatic heterocycles. The molecule has 8 heteroatoms. The van der Waals surface area contributed by atoms with Crippen LogP contribution in [0.5, 0.6) is 0 Å². The topological polar surface area (TPSA) is 78.5 Å². The summed E-state index contributed by atoms with van der Waals surface area (Å²) in [6.07, 6.45) is 5.19. The van der Waals surface area contributed by atoms with Gasteiger partial charge < -0.3 is 10.6 Å². The Balaban J connectivity index is 1.65. The Labute approximate surface area is 168 Å². The number of nitrogens with one attached hydrogen (secondary N) is 2. The van der Waals surface area contributed by atoms with Gasteiger partial charge in [-0.05, 0) is 37.5 Å². The lowest BCUT2D eigenvalue weighted by Crippen LogP contribution is -2.47. The van der Waals surface area contributed by atoms with Crippen LogP contribution in [0.1, 0.15) is 57.1 Å². The number of rotatable bonds is 4. The van der Waals surface area contributed by atoms with Crippen LogP contribution in [0.2, 0.25) is 10.0 Å². The molecule has 0 radical (unpaired) electrons. The standard InChI is InChI=1S/C19H23Cl2N3O3/c1-12(14-7-6-13(20)10-15(14)21)22-16(25)11-24-17(26)19(23-18(24)27)8-4-2-3-5-9-19/h6-7,10,12H,2-5,8-9,11H2,1H3,(H,22,25)(H,23,27)/t12-/m1/s1. The van der Waals surface area contributed by atoms with E-state index in [1.807, 2.05) is 0 Å². The average Bonchev–Trinajstić information content (AvgIpc) is 2.77. The van der Waals surface area contributed by atoms with E-state index in [4.69, 9.17) is 23.2 Å². The van der Waals surface area contributed by atoms with Crippen LogP contribution in [0.15, 0.2) is 18.2 Å². The van der Waals surface area contributed by atoms with Crippen LogP contribution in [-0.2, 0) is 9.59 Å². The van der Waals surface area contributed by atoms with Gasteiger partial charge in [0.05, 0.1) is 6.04 Å². The smallest absolute Gasteiger partial charge is 0.325 e. The van der Waals surface area contributed by atoms with E-state index in [-0.39, 0.29) is 18.5 Å². The maximum atomic E-state index is 12.9. The normalized spacial score (nSPS) is 20.3. The molecule has 0 unspecified atom stereocenters. The van der Waals surface area contributed by atoms with Crippen molar-refractivity contribution in [2.45, 2.75) is 57.0 Å². The molecule has 4 amide bonds. The van der Waals surface area contributed by atoms with E-state index in [9.17, 15) is 14.4 Å². The van der Waals surface area contributed by atoms with E-state index in [2.05, 4.69) is 10.6 Å². The lowest BCUT2D eigenvalue weighted by atomic mass is 9.90. The summed E-state index contributed by atoms with van der Waals surface area (Å²) in [6.45, 7) is 1.48. The van der Waals surface area contributed by atoms with Gasteiger partial charge in [-0.2, -0.15) is 0 Å². The number of hydrogen-bond acceptors (Lipinski definition) is 3. The van der Waals surface area contributed by atoms with Crippen molar-refractivity contribution in [2.24, 2.45) is 0 Å². The zero-order valence-corrected chi connectivity index (χ0v) is 16.7. The highest BCUT2D eigenvalue weighted by Gasteiger charge is 2.51. The molecule has 1 saturated heterocycles. The van der Waals surface area contributed by atoms with Crippen LogP contribution < -0.4 is 10.6 Å². The Kier molecular flexibility index (Phi) is 5.96. The molecule has 1 saturated carbocycles. The third-order valence-electron chi connectivity index (χ3n) is 5.31. The second kappa shape index (κ2) is 8.07. The molecule has 2 fully saturated rings. The third kappa shape index (κ3) is 4.22. The Bertz CT molecular complexity index is 761. The van der Waals surface area contributed by atoms with Gasteiger partial charge in [0, 0.05) is 10.0 Å². The fourth-order valence-corrected chi connectivity index (χ4v) is 4.42. The first-order valence-electron chi connectivity index (χ1n) is 9.21. The largest absolute Gasteiger partial charge is 0.348 e. The predicted molar refractivity (Wildman–Crippen MR) is 104 cm³/mol. The molecule has 27 heavy (non-hydrogen) atoms. The number of hydrogen-bond donors (Lipinski definition) is 2. The molecule has 1 aromatic rings. The highest BCUT2D eigenvalue weighted by molar-refractivity contribution is 6.35. The van der Waals surface area contributed by atoms with Crippen LogP contribution in [0.4, 0.5) is 4.79 Å². The molecule has 1 spiro atoms. The lowest BCUT2D eigenvalue weighted by molar-refractivity contribution is -0.135. The number of amides is 4. The van der Waals surface area contributed by atoms with Gasteiger partial charge >= 0.3 is 6.03 Å². The van der Waals surface area contributed by atoms with Crippen molar-refractivity contribution >= 4 is 41.0 Å². The summed E-state index contributed by atoms with van der Waals surface area (Å²) < 4.78 is 0. The maximum Gasteiger partial charge on any atom is 0.325 e. The van der Waals surface area contributed by atoms with E-state index < -0.39 is 17.5 Å². The van der Waals surface area contributed by atoms with Crippen LogP contribution >= 0.6 is 23.2 Å². The van der Waals surface area contributed by atoms with Crippen LogP contribution in [0.25, 0.3) is 0 Å². The first kappa shape index (κ1) is 20.0. The number of nitrogens with zero attached hydrogens (tertiary/aromatic N) is 1. The van der Waals surface area contributed by atoms with Gasteiger partial charge in [-0.3, -0.25) is 14.5 Å². The number of benzene rings is 1. The molecule has 1 aromatic carbocycles. The molecule has 2 aliphatic rings. The summed E-state index contributed by atoms with van der Waals surface area (Å²) in [7, 11) is 0. The summed E-state index contributed by atoms with van der Waals surface area (Å²) in [5.41, 5.74) is -0.120. The zero-order chi connectivity index (χ0) is 19.6. The van der Waals surface area contributed by atoms with Gasteiger partial charge in [0.15, 0.2) is 0 Å². The lowest BCUT2D eigenvalue weighted by Gasteiger charge is -2.24. The quantitative estimate of drug-likeness (QED) is 0.739. The minimum Gasteiger partial charge on any atom is -0.348 e. The predicted octanol–water partition coefficient (Wildman–Crippen LogP) is 3.82. The van der Waals surface area contributed by atoms with Crippen LogP contribution in [-0.4, -0.2) is 34.8 Å². The van der Waals surface area contributed by atoms with E-state index in [0.717, 1.165) is 30.6 Å². The monoisotopic (exact) mass is 411 g/mol. The van der Waals surface area contributed by atoms with Crippen LogP contribution in [0, 0.1) is 0 Å². The van der Waals surface area contributed by atoms with Crippen molar-refractivity contribution in [3.05, 3.63) is 33.8 Å². The Morgan fingerprint density at radius 2 is 1.89 bits per heavy atom. The number of carbonyl (C=O) groups is 3. The zero-order valence-electron chi connectivity index (χ0n) is 15.2. The molecule has 0 bridgehead atoms. The van der Waals surface area contributed by atoms with Gasteiger partial charge in [0.2, 0.25) is 5.91 Å². The van der Waals surface area contributed by atoms with Gasteiger partial charge in [-0.1, -0.05) is 55.0 Å². The van der Waals surface area contributed by atoms with Crippen molar-refractivity contribution in [3.63, 3.8) is 0 Å². The van der Waals surface area contributed by atoms with E-state index >= 15 is 0 Å². The molecular formula is C19H23Cl2N3O3. The molecule has 2 N–H and O–H groups in total. The van der Waals surface area contributed by atoms with Gasteiger partial charge in [0.25, 0.3) is 5.91 Å². The SMILES string of the molecule is C[C@@H](NC(=O)CN1C(=O)NC2(CCCCCC2)C1=O)c1ccc(Cl)cc1Cl. The molecule has 6 nitrogen and oxygen atoms in total. The summed E-state index contributed by atoms with van der Waals surface area (Å²) in [6, 6.07) is 4.17. The number of carbonyl (C=O) groups excluding carboxylic acids is 3. The van der Waals surface area contributed by atoms with E-state index in [0.29, 0.717) is 28.5 Å². The van der Waals surface area contributed by atoms with Crippen molar-refractivity contribution in [2.75, 3.05) is 6.54 Å². The summed E-state index contributed by atoms with van der Waals surface area (Å²) in [5, 5.41) is 6.58. The van der Waals surface area contributed by atoms with E-state index in [1.165, 1.54) is 0 Å². The number of imide groups is 1. The summed E-state index contributed by atoms with van der Waals surface area (Å²) in [5.74, 6) is -0.704. The third-order valence-corrected chi connectivity index (χ3v) is 5.87. The number of urea groups is 1. The highest BCUT2D eigenvalue weighted by atomic mass is 35.5. The molecule has 0 aromatic heterocycles. The minimum absolute atomic E-state index is 0.290. The molecule has 1 heterocycles. The Morgan fingerprint density at radius 1 is 1.22 bits per heavy atom. The first-order valence-corrected chi connectivity index (χ1v) is 9.96.